The van der Waals surface area contributed by atoms with Gasteiger partial charge in [-0.2, -0.15) is 11.8 Å². The number of hydrogen-bond donors (Lipinski definition) is 1. The topological polar surface area (TPSA) is 45.6 Å². The molecule has 4 rings (SSSR count). The predicted molar refractivity (Wildman–Crippen MR) is 140 cm³/mol. The average Bonchev–Trinajstić information content (AvgIpc) is 3.15. The minimum absolute atomic E-state index is 0.198. The van der Waals surface area contributed by atoms with Crippen LogP contribution in [0.2, 0.25) is 0 Å². The highest BCUT2D eigenvalue weighted by molar-refractivity contribution is 7.99. The van der Waals surface area contributed by atoms with E-state index in [1.807, 2.05) is 18.2 Å². The zero-order valence-electron chi connectivity index (χ0n) is 20.6. The molecule has 1 N–H and O–H groups in total. The lowest BCUT2D eigenvalue weighted by Crippen LogP contribution is -2.43. The summed E-state index contributed by atoms with van der Waals surface area (Å²) in [5.74, 6) is 2.55. The second-order valence-corrected chi connectivity index (χ2v) is 11.5. The molecule has 0 spiro atoms. The summed E-state index contributed by atoms with van der Waals surface area (Å²) in [5.41, 5.74) is 1.49. The molecule has 1 saturated carbocycles. The van der Waals surface area contributed by atoms with Crippen LogP contribution in [0.5, 0.6) is 5.75 Å². The van der Waals surface area contributed by atoms with Gasteiger partial charge in [0.25, 0.3) is 0 Å². The molecule has 0 bridgehead atoms. The lowest BCUT2D eigenvalue weighted by molar-refractivity contribution is 0.0672. The highest BCUT2D eigenvalue weighted by atomic mass is 32.2. The van der Waals surface area contributed by atoms with Gasteiger partial charge >= 0.3 is 0 Å². The van der Waals surface area contributed by atoms with Gasteiger partial charge in [0.05, 0.1) is 12.6 Å². The molecule has 34 heavy (non-hydrogen) atoms. The fourth-order valence-corrected chi connectivity index (χ4v) is 7.13. The maximum Gasteiger partial charge on any atom is 0.126 e. The van der Waals surface area contributed by atoms with Gasteiger partial charge in [-0.15, -0.1) is 0 Å². The molecule has 0 amide bonds. The van der Waals surface area contributed by atoms with Crippen LogP contribution in [-0.4, -0.2) is 59.3 Å². The van der Waals surface area contributed by atoms with Crippen molar-refractivity contribution >= 4 is 22.7 Å². The molecule has 188 valence electrons. The molecular weight excluding hydrogens is 447 g/mol. The molecule has 1 aliphatic carbocycles. The smallest absolute Gasteiger partial charge is 0.126 e. The second kappa shape index (κ2) is 13.1. The van der Waals surface area contributed by atoms with E-state index < -0.39 is 6.17 Å². The molecule has 0 unspecified atom stereocenters. The van der Waals surface area contributed by atoms with Crippen molar-refractivity contribution in [2.24, 2.45) is 11.8 Å². The van der Waals surface area contributed by atoms with Gasteiger partial charge in [-0.3, -0.25) is 4.98 Å². The summed E-state index contributed by atoms with van der Waals surface area (Å²) in [6.45, 7) is 3.32. The number of ether oxygens (including phenoxy) is 1. The summed E-state index contributed by atoms with van der Waals surface area (Å²) < 4.78 is 20.7. The first-order valence-corrected chi connectivity index (χ1v) is 14.2. The Hall–Kier alpha value is -1.37. The first kappa shape index (κ1) is 25.7. The van der Waals surface area contributed by atoms with Gasteiger partial charge in [-0.25, -0.2) is 4.39 Å². The van der Waals surface area contributed by atoms with Crippen LogP contribution in [0.4, 0.5) is 4.39 Å². The molecule has 2 fully saturated rings. The molecule has 1 aromatic heterocycles. The summed E-state index contributed by atoms with van der Waals surface area (Å²) in [6, 6.07) is 7.42. The first-order chi connectivity index (χ1) is 16.7. The van der Waals surface area contributed by atoms with E-state index in [0.29, 0.717) is 17.9 Å². The first-order valence-electron chi connectivity index (χ1n) is 13.2. The Bertz CT molecular complexity index is 890. The number of piperidine rings is 1. The highest BCUT2D eigenvalue weighted by Crippen LogP contribution is 2.35. The number of thioether (sulfide) groups is 1. The molecule has 2 aromatic rings. The van der Waals surface area contributed by atoms with E-state index in [1.165, 1.54) is 44.3 Å². The van der Waals surface area contributed by atoms with Gasteiger partial charge in [0, 0.05) is 42.3 Å². The Labute approximate surface area is 208 Å². The Balaban J connectivity index is 1.26. The summed E-state index contributed by atoms with van der Waals surface area (Å²) >= 11 is 2.16. The van der Waals surface area contributed by atoms with Crippen LogP contribution in [0, 0.1) is 11.8 Å². The summed E-state index contributed by atoms with van der Waals surface area (Å²) in [4.78, 5) is 6.90. The van der Waals surface area contributed by atoms with Crippen LogP contribution >= 0.6 is 11.8 Å². The molecule has 4 nitrogen and oxygen atoms in total. The number of fused-ring (bicyclic) bond motifs is 1. The third kappa shape index (κ3) is 6.86. The van der Waals surface area contributed by atoms with Crippen molar-refractivity contribution in [1.29, 1.82) is 0 Å². The van der Waals surface area contributed by atoms with E-state index >= 15 is 4.39 Å². The van der Waals surface area contributed by atoms with Crippen LogP contribution in [0.15, 0.2) is 30.5 Å². The average molecular weight is 489 g/mol. The second-order valence-electron chi connectivity index (χ2n) is 10.1. The molecule has 6 heteroatoms. The third-order valence-electron chi connectivity index (χ3n) is 7.88. The molecule has 2 heterocycles. The van der Waals surface area contributed by atoms with Crippen molar-refractivity contribution in [3.05, 3.63) is 36.0 Å². The Kier molecular flexibility index (Phi) is 9.89. The monoisotopic (exact) mass is 488 g/mol. The van der Waals surface area contributed by atoms with Crippen LogP contribution < -0.4 is 4.74 Å². The summed E-state index contributed by atoms with van der Waals surface area (Å²) in [7, 11) is 1.63. The zero-order valence-corrected chi connectivity index (χ0v) is 21.4. The minimum atomic E-state index is -1.04. The van der Waals surface area contributed by atoms with Gasteiger partial charge < -0.3 is 14.7 Å². The number of alkyl halides is 1. The van der Waals surface area contributed by atoms with Crippen molar-refractivity contribution in [2.75, 3.05) is 39.1 Å². The van der Waals surface area contributed by atoms with Crippen molar-refractivity contribution in [3.8, 4) is 5.75 Å². The maximum atomic E-state index is 15.4. The molecule has 3 atom stereocenters. The summed E-state index contributed by atoms with van der Waals surface area (Å²) in [6.07, 6.45) is 11.4. The zero-order chi connectivity index (χ0) is 23.8. The van der Waals surface area contributed by atoms with Gasteiger partial charge in [0.1, 0.15) is 11.9 Å². The third-order valence-corrected chi connectivity index (χ3v) is 9.25. The number of hydrogen-bond acceptors (Lipinski definition) is 5. The summed E-state index contributed by atoms with van der Waals surface area (Å²) in [5, 5.41) is 11.7. The Morgan fingerprint density at radius 2 is 1.97 bits per heavy atom. The highest BCUT2D eigenvalue weighted by Gasteiger charge is 2.29. The van der Waals surface area contributed by atoms with E-state index in [0.717, 1.165) is 54.4 Å². The van der Waals surface area contributed by atoms with Crippen LogP contribution in [-0.2, 0) is 0 Å². The molecule has 1 aromatic carbocycles. The lowest BCUT2D eigenvalue weighted by atomic mass is 9.81. The number of aliphatic hydroxyl groups is 1. The number of likely N-dealkylation sites (tertiary alicyclic amines) is 1. The fraction of sp³-hybridized carbons (Fsp3) is 0.679. The Morgan fingerprint density at radius 1 is 1.15 bits per heavy atom. The van der Waals surface area contributed by atoms with Crippen LogP contribution in [0.1, 0.15) is 69.5 Å². The number of aromatic nitrogens is 1. The quantitative estimate of drug-likeness (QED) is 0.391. The lowest BCUT2D eigenvalue weighted by Gasteiger charge is -2.38. The van der Waals surface area contributed by atoms with E-state index in [9.17, 15) is 5.11 Å². The molecular formula is C28H41FN2O2S. The van der Waals surface area contributed by atoms with Gasteiger partial charge in [-0.1, -0.05) is 25.7 Å². The number of benzene rings is 1. The van der Waals surface area contributed by atoms with Gasteiger partial charge in [-0.05, 0) is 80.3 Å². The van der Waals surface area contributed by atoms with Crippen molar-refractivity contribution in [2.45, 2.75) is 69.2 Å². The van der Waals surface area contributed by atoms with Gasteiger partial charge in [0.2, 0.25) is 0 Å². The van der Waals surface area contributed by atoms with E-state index in [-0.39, 0.29) is 12.5 Å². The predicted octanol–water partition coefficient (Wildman–Crippen LogP) is 6.42. The number of aliphatic hydroxyl groups excluding tert-OH is 1. The molecule has 0 radical (unpaired) electrons. The molecule has 1 saturated heterocycles. The number of rotatable bonds is 10. The van der Waals surface area contributed by atoms with E-state index in [4.69, 9.17) is 4.74 Å². The molecule has 1 aliphatic heterocycles. The van der Waals surface area contributed by atoms with Crippen molar-refractivity contribution < 1.29 is 14.2 Å². The van der Waals surface area contributed by atoms with E-state index in [1.54, 1.807) is 19.4 Å². The molecule has 2 aliphatic rings. The SMILES string of the molecule is COc1ccc2nccc([C@@H](F)CC[C@@H]3CCN(CCSC4CCCCCC4)C[C@@H]3CO)c2c1. The maximum absolute atomic E-state index is 15.4. The normalized spacial score (nSPS) is 23.6. The van der Waals surface area contributed by atoms with E-state index in [2.05, 4.69) is 21.6 Å². The van der Waals surface area contributed by atoms with Crippen LogP contribution in [0.3, 0.4) is 0 Å². The number of methoxy groups -OCH3 is 1. The number of pyridine rings is 1. The standard InChI is InChI=1S/C28H41FN2O2S/c1-33-23-9-11-28-26(18-23)25(12-14-30-28)27(29)10-8-21-13-15-31(19-22(21)20-32)16-17-34-24-6-4-2-3-5-7-24/h9,11-12,14,18,21-22,24,27,32H,2-8,10,13,15-17,19-20H2,1H3/t21-,22-,27+/m1/s1. The van der Waals surface area contributed by atoms with Crippen LogP contribution in [0.25, 0.3) is 10.9 Å². The largest absolute Gasteiger partial charge is 0.497 e. The number of halogens is 1. The van der Waals surface area contributed by atoms with Gasteiger partial charge in [0.15, 0.2) is 0 Å². The van der Waals surface area contributed by atoms with Crippen molar-refractivity contribution in [1.82, 2.24) is 9.88 Å². The minimum Gasteiger partial charge on any atom is -0.497 e. The fourth-order valence-electron chi connectivity index (χ4n) is 5.77. The number of nitrogens with zero attached hydrogens (tertiary/aromatic N) is 2. The Morgan fingerprint density at radius 3 is 2.74 bits per heavy atom. The van der Waals surface area contributed by atoms with Crippen molar-refractivity contribution in [3.63, 3.8) is 0 Å².